The van der Waals surface area contributed by atoms with E-state index in [1.165, 1.54) is 4.90 Å². The molecule has 4 rings (SSSR count). The smallest absolute Gasteiger partial charge is 0.410 e. The standard InChI is InChI=1S/C24H31FN6O3/c1-23(2,3)34-22(32)30-10-6-8-24(25,15-30)14-27-21-18-7-5-9-26-20(18)11-19(29-21)17-12-28-31(13-17)16-33-4/h5,7,9,11-13H,6,8,10,14-16H2,1-4H3,(H,27,29)/t24-/m1/s1. The van der Waals surface area contributed by atoms with Crippen molar-refractivity contribution in [2.45, 2.75) is 51.6 Å². The quantitative estimate of drug-likeness (QED) is 0.576. The number of nitrogens with one attached hydrogen (secondary N) is 1. The van der Waals surface area contributed by atoms with Gasteiger partial charge >= 0.3 is 6.09 Å². The Kier molecular flexibility index (Phi) is 6.70. The third kappa shape index (κ3) is 5.61. The van der Waals surface area contributed by atoms with Crippen molar-refractivity contribution in [3.63, 3.8) is 0 Å². The van der Waals surface area contributed by atoms with Crippen molar-refractivity contribution in [2.75, 3.05) is 32.1 Å². The van der Waals surface area contributed by atoms with Crippen molar-refractivity contribution in [1.29, 1.82) is 0 Å². The highest BCUT2D eigenvalue weighted by Crippen LogP contribution is 2.30. The number of halogens is 1. The van der Waals surface area contributed by atoms with Gasteiger partial charge in [-0.2, -0.15) is 5.10 Å². The third-order valence-corrected chi connectivity index (χ3v) is 5.54. The fraction of sp³-hybridized carbons (Fsp3) is 0.500. The SMILES string of the molecule is COCn1cc(-c2cc3ncccc3c(NC[C@]3(F)CCCN(C(=O)OC(C)(C)C)C3)n2)cn1. The van der Waals surface area contributed by atoms with Crippen molar-refractivity contribution in [3.05, 3.63) is 36.8 Å². The van der Waals surface area contributed by atoms with Crippen LogP contribution >= 0.6 is 0 Å². The molecular formula is C24H31FN6O3. The van der Waals surface area contributed by atoms with Gasteiger partial charge in [0.25, 0.3) is 0 Å². The second-order valence-corrected chi connectivity index (χ2v) is 9.62. The molecule has 1 N–H and O–H groups in total. The molecule has 0 aliphatic carbocycles. The van der Waals surface area contributed by atoms with Crippen LogP contribution in [0, 0.1) is 0 Å². The summed E-state index contributed by atoms with van der Waals surface area (Å²) in [4.78, 5) is 23.1. The lowest BCUT2D eigenvalue weighted by atomic mass is 9.94. The number of carbonyl (C=O) groups excluding carboxylic acids is 1. The highest BCUT2D eigenvalue weighted by Gasteiger charge is 2.38. The number of hydrogen-bond donors (Lipinski definition) is 1. The molecule has 1 aliphatic rings. The number of methoxy groups -OCH3 is 1. The lowest BCUT2D eigenvalue weighted by Crippen LogP contribution is -2.52. The van der Waals surface area contributed by atoms with Gasteiger partial charge in [0.15, 0.2) is 0 Å². The van der Waals surface area contributed by atoms with E-state index in [2.05, 4.69) is 15.4 Å². The second kappa shape index (κ2) is 9.54. The van der Waals surface area contributed by atoms with Gasteiger partial charge < -0.3 is 19.7 Å². The zero-order chi connectivity index (χ0) is 24.3. The fourth-order valence-electron chi connectivity index (χ4n) is 4.01. The number of rotatable bonds is 6. The highest BCUT2D eigenvalue weighted by molar-refractivity contribution is 5.91. The van der Waals surface area contributed by atoms with Crippen LogP contribution in [-0.2, 0) is 16.2 Å². The lowest BCUT2D eigenvalue weighted by molar-refractivity contribution is -0.00210. The maximum Gasteiger partial charge on any atom is 0.410 e. The normalized spacial score (nSPS) is 18.8. The minimum absolute atomic E-state index is 0.00961. The van der Waals surface area contributed by atoms with Crippen LogP contribution in [-0.4, -0.2) is 68.8 Å². The molecular weight excluding hydrogens is 439 g/mol. The predicted molar refractivity (Wildman–Crippen MR) is 127 cm³/mol. The summed E-state index contributed by atoms with van der Waals surface area (Å²) in [5.41, 5.74) is -0.0233. The Morgan fingerprint density at radius 2 is 2.18 bits per heavy atom. The summed E-state index contributed by atoms with van der Waals surface area (Å²) >= 11 is 0. The van der Waals surface area contributed by atoms with Crippen LogP contribution in [0.4, 0.5) is 15.0 Å². The maximum absolute atomic E-state index is 15.8. The molecule has 34 heavy (non-hydrogen) atoms. The number of hydrogen-bond acceptors (Lipinski definition) is 7. The Hall–Kier alpha value is -3.27. The van der Waals surface area contributed by atoms with Crippen LogP contribution in [0.1, 0.15) is 33.6 Å². The Labute approximate surface area is 198 Å². The zero-order valence-corrected chi connectivity index (χ0v) is 20.0. The number of ether oxygens (including phenoxy) is 2. The van der Waals surface area contributed by atoms with Crippen molar-refractivity contribution in [1.82, 2.24) is 24.6 Å². The molecule has 9 nitrogen and oxygen atoms in total. The molecule has 0 spiro atoms. The number of amides is 1. The number of likely N-dealkylation sites (tertiary alicyclic amines) is 1. The van der Waals surface area contributed by atoms with Gasteiger partial charge in [-0.25, -0.2) is 18.9 Å². The van der Waals surface area contributed by atoms with E-state index in [0.717, 1.165) is 16.5 Å². The first-order chi connectivity index (χ1) is 16.2. The molecule has 4 heterocycles. The van der Waals surface area contributed by atoms with Gasteiger partial charge in [0.2, 0.25) is 0 Å². The minimum Gasteiger partial charge on any atom is -0.444 e. The third-order valence-electron chi connectivity index (χ3n) is 5.54. The van der Waals surface area contributed by atoms with Gasteiger partial charge in [-0.1, -0.05) is 0 Å². The van der Waals surface area contributed by atoms with Gasteiger partial charge in [0.1, 0.15) is 23.8 Å². The van der Waals surface area contributed by atoms with Crippen molar-refractivity contribution in [2.24, 2.45) is 0 Å². The number of pyridine rings is 2. The molecule has 3 aromatic heterocycles. The van der Waals surface area contributed by atoms with Crippen LogP contribution in [0.15, 0.2) is 36.8 Å². The summed E-state index contributed by atoms with van der Waals surface area (Å²) in [7, 11) is 1.60. The first-order valence-electron chi connectivity index (χ1n) is 11.3. The summed E-state index contributed by atoms with van der Waals surface area (Å²) in [6, 6.07) is 5.60. The summed E-state index contributed by atoms with van der Waals surface area (Å²) in [5, 5.41) is 8.26. The summed E-state index contributed by atoms with van der Waals surface area (Å²) in [5.74, 6) is 0.534. The van der Waals surface area contributed by atoms with Gasteiger partial charge in [0, 0.05) is 37.0 Å². The van der Waals surface area contributed by atoms with Crippen molar-refractivity contribution < 1.29 is 18.7 Å². The molecule has 1 amide bonds. The molecule has 1 aliphatic heterocycles. The van der Waals surface area contributed by atoms with Crippen LogP contribution in [0.25, 0.3) is 22.2 Å². The van der Waals surface area contributed by atoms with Gasteiger partial charge in [-0.15, -0.1) is 0 Å². The maximum atomic E-state index is 15.8. The van der Waals surface area contributed by atoms with E-state index < -0.39 is 17.4 Å². The zero-order valence-electron chi connectivity index (χ0n) is 20.0. The molecule has 1 fully saturated rings. The molecule has 0 unspecified atom stereocenters. The number of carbonyl (C=O) groups is 1. The van der Waals surface area contributed by atoms with E-state index in [4.69, 9.17) is 14.5 Å². The van der Waals surface area contributed by atoms with Crippen molar-refractivity contribution >= 4 is 22.8 Å². The number of piperidine rings is 1. The first-order valence-corrected chi connectivity index (χ1v) is 11.3. The molecule has 0 aromatic carbocycles. The molecule has 0 bridgehead atoms. The Balaban J connectivity index is 1.54. The van der Waals surface area contributed by atoms with E-state index in [9.17, 15) is 4.79 Å². The summed E-state index contributed by atoms with van der Waals surface area (Å²) < 4.78 is 28.0. The number of alkyl halides is 1. The predicted octanol–water partition coefficient (Wildman–Crippen LogP) is 4.25. The molecule has 10 heteroatoms. The van der Waals surface area contributed by atoms with Gasteiger partial charge in [-0.3, -0.25) is 4.98 Å². The molecule has 3 aromatic rings. The molecule has 0 radical (unpaired) electrons. The molecule has 0 saturated carbocycles. The Morgan fingerprint density at radius 3 is 2.94 bits per heavy atom. The second-order valence-electron chi connectivity index (χ2n) is 9.62. The van der Waals surface area contributed by atoms with Gasteiger partial charge in [0.05, 0.1) is 30.5 Å². The number of fused-ring (bicyclic) bond motifs is 1. The van der Waals surface area contributed by atoms with E-state index in [1.807, 2.05) is 24.4 Å². The molecule has 182 valence electrons. The Morgan fingerprint density at radius 1 is 1.35 bits per heavy atom. The fourth-order valence-corrected chi connectivity index (χ4v) is 4.01. The van der Waals surface area contributed by atoms with E-state index in [1.54, 1.807) is 45.0 Å². The summed E-state index contributed by atoms with van der Waals surface area (Å²) in [6.45, 7) is 6.19. The minimum atomic E-state index is -1.61. The largest absolute Gasteiger partial charge is 0.444 e. The van der Waals surface area contributed by atoms with Gasteiger partial charge in [-0.05, 0) is 51.8 Å². The van der Waals surface area contributed by atoms with Crippen LogP contribution in [0.2, 0.25) is 0 Å². The highest BCUT2D eigenvalue weighted by atomic mass is 19.1. The van der Waals surface area contributed by atoms with E-state index in [0.29, 0.717) is 37.6 Å². The monoisotopic (exact) mass is 470 g/mol. The van der Waals surface area contributed by atoms with E-state index >= 15 is 4.39 Å². The molecule has 1 atom stereocenters. The average molecular weight is 471 g/mol. The first kappa shape index (κ1) is 23.9. The average Bonchev–Trinajstić information content (AvgIpc) is 3.25. The van der Waals surface area contributed by atoms with Crippen LogP contribution in [0.5, 0.6) is 0 Å². The van der Waals surface area contributed by atoms with Crippen LogP contribution in [0.3, 0.4) is 0 Å². The Bertz CT molecular complexity index is 1160. The molecule has 1 saturated heterocycles. The number of anilines is 1. The van der Waals surface area contributed by atoms with Crippen LogP contribution < -0.4 is 5.32 Å². The number of aromatic nitrogens is 4. The summed E-state index contributed by atoms with van der Waals surface area (Å²) in [6.07, 6.45) is 5.67. The topological polar surface area (TPSA) is 94.4 Å². The van der Waals surface area contributed by atoms with Crippen molar-refractivity contribution in [3.8, 4) is 11.3 Å². The number of nitrogens with zero attached hydrogens (tertiary/aromatic N) is 5. The lowest BCUT2D eigenvalue weighted by Gasteiger charge is -2.38. The van der Waals surface area contributed by atoms with E-state index in [-0.39, 0.29) is 13.1 Å².